The summed E-state index contributed by atoms with van der Waals surface area (Å²) in [5.41, 5.74) is 2.75. The van der Waals surface area contributed by atoms with E-state index in [-0.39, 0.29) is 11.7 Å². The molecular weight excluding hydrogens is 381 g/mol. The second-order valence-corrected chi connectivity index (χ2v) is 7.77. The molecule has 0 saturated carbocycles. The highest BCUT2D eigenvalue weighted by Gasteiger charge is 2.22. The van der Waals surface area contributed by atoms with E-state index in [0.717, 1.165) is 37.4 Å². The van der Waals surface area contributed by atoms with Gasteiger partial charge < -0.3 is 14.4 Å². The van der Waals surface area contributed by atoms with Crippen LogP contribution in [0.5, 0.6) is 0 Å². The summed E-state index contributed by atoms with van der Waals surface area (Å²) in [6, 6.07) is 8.08. The zero-order chi connectivity index (χ0) is 21.1. The van der Waals surface area contributed by atoms with Crippen LogP contribution in [0.4, 0.5) is 16.0 Å². The van der Waals surface area contributed by atoms with Crippen LogP contribution in [-0.4, -0.2) is 33.5 Å². The normalized spacial score (nSPS) is 14.0. The molecule has 0 aliphatic carbocycles. The Hall–Kier alpha value is -3.22. The maximum Gasteiger partial charge on any atom is 0.275 e. The van der Waals surface area contributed by atoms with E-state index in [1.807, 2.05) is 19.3 Å². The highest BCUT2D eigenvalue weighted by Crippen LogP contribution is 2.25. The summed E-state index contributed by atoms with van der Waals surface area (Å²) in [5, 5.41) is 0. The zero-order valence-corrected chi connectivity index (χ0v) is 17.4. The third-order valence-electron chi connectivity index (χ3n) is 5.53. The first-order valence-corrected chi connectivity index (χ1v) is 10.3. The van der Waals surface area contributed by atoms with Gasteiger partial charge >= 0.3 is 0 Å². The Morgan fingerprint density at radius 2 is 1.87 bits per heavy atom. The standard InChI is InChI=1S/C23H26FN5O/c1-17-13-19(24)8-9-20(17)29(22(30)21-7-6-10-27(21)2)16-18-14-25-23(26-15-18)28-11-4-3-5-12-28/h6-10,13-15H,3-5,11-12,16H2,1-2H3. The molecule has 3 aromatic rings. The molecule has 1 amide bonds. The van der Waals surface area contributed by atoms with Gasteiger partial charge in [-0.15, -0.1) is 0 Å². The molecular formula is C23H26FN5O. The average molecular weight is 407 g/mol. The molecule has 1 aromatic carbocycles. The first-order chi connectivity index (χ1) is 14.5. The number of nitrogens with zero attached hydrogens (tertiary/aromatic N) is 5. The largest absolute Gasteiger partial charge is 0.347 e. The minimum Gasteiger partial charge on any atom is -0.347 e. The molecule has 2 aromatic heterocycles. The van der Waals surface area contributed by atoms with Gasteiger partial charge in [-0.25, -0.2) is 14.4 Å². The topological polar surface area (TPSA) is 54.3 Å². The van der Waals surface area contributed by atoms with Crippen LogP contribution >= 0.6 is 0 Å². The number of benzene rings is 1. The van der Waals surface area contributed by atoms with Crippen molar-refractivity contribution in [1.82, 2.24) is 14.5 Å². The van der Waals surface area contributed by atoms with Gasteiger partial charge in [-0.05, 0) is 62.1 Å². The van der Waals surface area contributed by atoms with E-state index in [4.69, 9.17) is 0 Å². The third kappa shape index (κ3) is 4.20. The number of amides is 1. The van der Waals surface area contributed by atoms with Gasteiger partial charge in [0.2, 0.25) is 5.95 Å². The van der Waals surface area contributed by atoms with E-state index in [2.05, 4.69) is 14.9 Å². The predicted molar refractivity (Wildman–Crippen MR) is 115 cm³/mol. The van der Waals surface area contributed by atoms with Crippen molar-refractivity contribution in [3.63, 3.8) is 0 Å². The number of piperidine rings is 1. The van der Waals surface area contributed by atoms with Crippen molar-refractivity contribution in [2.75, 3.05) is 22.9 Å². The molecule has 30 heavy (non-hydrogen) atoms. The second kappa shape index (κ2) is 8.65. The van der Waals surface area contributed by atoms with Gasteiger partial charge in [0.1, 0.15) is 11.5 Å². The average Bonchev–Trinajstić information content (AvgIpc) is 3.19. The Morgan fingerprint density at radius 1 is 1.13 bits per heavy atom. The molecule has 0 N–H and O–H groups in total. The second-order valence-electron chi connectivity index (χ2n) is 7.77. The summed E-state index contributed by atoms with van der Waals surface area (Å²) in [6.45, 7) is 4.06. The third-order valence-corrected chi connectivity index (χ3v) is 5.53. The number of rotatable bonds is 5. The number of halogens is 1. The molecule has 4 rings (SSSR count). The molecule has 0 atom stereocenters. The molecule has 0 radical (unpaired) electrons. The highest BCUT2D eigenvalue weighted by atomic mass is 19.1. The molecule has 0 unspecified atom stereocenters. The zero-order valence-electron chi connectivity index (χ0n) is 17.4. The molecule has 1 aliphatic rings. The lowest BCUT2D eigenvalue weighted by Gasteiger charge is -2.27. The lowest BCUT2D eigenvalue weighted by molar-refractivity contribution is 0.0977. The van der Waals surface area contributed by atoms with Crippen molar-refractivity contribution >= 4 is 17.5 Å². The van der Waals surface area contributed by atoms with Gasteiger partial charge in [0.15, 0.2) is 0 Å². The maximum absolute atomic E-state index is 13.7. The first-order valence-electron chi connectivity index (χ1n) is 10.3. The number of hydrogen-bond donors (Lipinski definition) is 0. The SMILES string of the molecule is Cc1cc(F)ccc1N(Cc1cnc(N2CCCCC2)nc1)C(=O)c1cccn1C. The molecule has 0 bridgehead atoms. The molecule has 6 nitrogen and oxygen atoms in total. The van der Waals surface area contributed by atoms with Crippen molar-refractivity contribution in [2.45, 2.75) is 32.7 Å². The number of anilines is 2. The van der Waals surface area contributed by atoms with E-state index in [9.17, 15) is 9.18 Å². The summed E-state index contributed by atoms with van der Waals surface area (Å²) in [6.07, 6.45) is 8.96. The summed E-state index contributed by atoms with van der Waals surface area (Å²) in [7, 11) is 1.83. The Labute approximate surface area is 176 Å². The fourth-order valence-corrected chi connectivity index (χ4v) is 3.88. The molecule has 7 heteroatoms. The molecule has 0 spiro atoms. The summed E-state index contributed by atoms with van der Waals surface area (Å²) >= 11 is 0. The molecule has 3 heterocycles. The predicted octanol–water partition coefficient (Wildman–Crippen LogP) is 4.10. The van der Waals surface area contributed by atoms with Crippen molar-refractivity contribution in [3.05, 3.63) is 71.6 Å². The number of carbonyl (C=O) groups is 1. The lowest BCUT2D eigenvalue weighted by atomic mass is 10.1. The van der Waals surface area contributed by atoms with Crippen LogP contribution in [0.25, 0.3) is 0 Å². The van der Waals surface area contributed by atoms with Gasteiger partial charge in [-0.2, -0.15) is 0 Å². The van der Waals surface area contributed by atoms with Crippen LogP contribution in [-0.2, 0) is 13.6 Å². The number of aryl methyl sites for hydroxylation is 2. The Kier molecular flexibility index (Phi) is 5.79. The van der Waals surface area contributed by atoms with E-state index < -0.39 is 0 Å². The van der Waals surface area contributed by atoms with E-state index in [1.54, 1.807) is 40.9 Å². The van der Waals surface area contributed by atoms with Gasteiger partial charge in [-0.3, -0.25) is 4.79 Å². The van der Waals surface area contributed by atoms with Crippen LogP contribution in [0.15, 0.2) is 48.9 Å². The lowest BCUT2D eigenvalue weighted by Crippen LogP contribution is -2.33. The molecule has 1 fully saturated rings. The van der Waals surface area contributed by atoms with Crippen molar-refractivity contribution in [3.8, 4) is 0 Å². The van der Waals surface area contributed by atoms with Crippen LogP contribution < -0.4 is 9.80 Å². The van der Waals surface area contributed by atoms with Gasteiger partial charge in [0.25, 0.3) is 5.91 Å². The molecule has 156 valence electrons. The van der Waals surface area contributed by atoms with Crippen molar-refractivity contribution < 1.29 is 9.18 Å². The highest BCUT2D eigenvalue weighted by molar-refractivity contribution is 6.05. The van der Waals surface area contributed by atoms with Crippen molar-refractivity contribution in [2.24, 2.45) is 7.05 Å². The molecule has 1 saturated heterocycles. The van der Waals surface area contributed by atoms with Crippen LogP contribution in [0, 0.1) is 12.7 Å². The van der Waals surface area contributed by atoms with Crippen molar-refractivity contribution in [1.29, 1.82) is 0 Å². The summed E-state index contributed by atoms with van der Waals surface area (Å²) in [5.74, 6) is 0.255. The first kappa shape index (κ1) is 20.1. The van der Waals surface area contributed by atoms with Crippen LogP contribution in [0.3, 0.4) is 0 Å². The number of carbonyl (C=O) groups excluding carboxylic acids is 1. The minimum absolute atomic E-state index is 0.155. The van der Waals surface area contributed by atoms with Gasteiger partial charge in [0, 0.05) is 50.0 Å². The Morgan fingerprint density at radius 3 is 2.50 bits per heavy atom. The fraction of sp³-hybridized carbons (Fsp3) is 0.348. The number of aromatic nitrogens is 3. The van der Waals surface area contributed by atoms with E-state index in [0.29, 0.717) is 23.5 Å². The van der Waals surface area contributed by atoms with Gasteiger partial charge in [0.05, 0.1) is 6.54 Å². The van der Waals surface area contributed by atoms with Crippen LogP contribution in [0.2, 0.25) is 0 Å². The smallest absolute Gasteiger partial charge is 0.275 e. The van der Waals surface area contributed by atoms with Crippen LogP contribution in [0.1, 0.15) is 40.9 Å². The van der Waals surface area contributed by atoms with E-state index in [1.165, 1.54) is 18.6 Å². The summed E-state index contributed by atoms with van der Waals surface area (Å²) < 4.78 is 15.4. The quantitative estimate of drug-likeness (QED) is 0.639. The van der Waals surface area contributed by atoms with E-state index >= 15 is 0 Å². The van der Waals surface area contributed by atoms with Gasteiger partial charge in [-0.1, -0.05) is 0 Å². The molecule has 1 aliphatic heterocycles. The summed E-state index contributed by atoms with van der Waals surface area (Å²) in [4.78, 5) is 26.3. The number of hydrogen-bond acceptors (Lipinski definition) is 4. The Balaban J connectivity index is 1.62. The monoisotopic (exact) mass is 407 g/mol. The Bertz CT molecular complexity index is 1020. The maximum atomic E-state index is 13.7. The fourth-order valence-electron chi connectivity index (χ4n) is 3.88. The minimum atomic E-state index is -0.322.